The predicted molar refractivity (Wildman–Crippen MR) is 71.6 cm³/mol. The molecule has 0 aromatic carbocycles. The molecule has 2 saturated heterocycles. The standard InChI is InChI=1S/C13H19ClN4/c1-9-5-12(14)17-13(16-9)8-18-4-2-3-10-6-15-7-11(10)18/h5,10-11,15H,2-4,6-8H2,1H3. The number of hydrogen-bond acceptors (Lipinski definition) is 4. The predicted octanol–water partition coefficient (Wildman–Crippen LogP) is 1.62. The number of halogens is 1. The monoisotopic (exact) mass is 266 g/mol. The zero-order valence-corrected chi connectivity index (χ0v) is 11.5. The number of nitrogens with one attached hydrogen (secondary N) is 1. The lowest BCUT2D eigenvalue weighted by atomic mass is 9.92. The van der Waals surface area contributed by atoms with Gasteiger partial charge in [-0.2, -0.15) is 0 Å². The Kier molecular flexibility index (Phi) is 3.50. The van der Waals surface area contributed by atoms with Gasteiger partial charge in [-0.15, -0.1) is 0 Å². The summed E-state index contributed by atoms with van der Waals surface area (Å²) in [7, 11) is 0. The van der Waals surface area contributed by atoms with Gasteiger partial charge in [0, 0.05) is 18.3 Å². The van der Waals surface area contributed by atoms with Gasteiger partial charge in [0.15, 0.2) is 0 Å². The maximum absolute atomic E-state index is 6.00. The van der Waals surface area contributed by atoms with Crippen LogP contribution < -0.4 is 5.32 Å². The molecule has 18 heavy (non-hydrogen) atoms. The highest BCUT2D eigenvalue weighted by atomic mass is 35.5. The third kappa shape index (κ3) is 2.51. The average molecular weight is 267 g/mol. The smallest absolute Gasteiger partial charge is 0.144 e. The fourth-order valence-electron chi connectivity index (χ4n) is 3.20. The first kappa shape index (κ1) is 12.3. The molecule has 3 rings (SSSR count). The van der Waals surface area contributed by atoms with Gasteiger partial charge < -0.3 is 5.32 Å². The van der Waals surface area contributed by atoms with Crippen LogP contribution in [0.1, 0.15) is 24.4 Å². The van der Waals surface area contributed by atoms with E-state index < -0.39 is 0 Å². The molecule has 5 heteroatoms. The molecule has 1 aromatic rings. The van der Waals surface area contributed by atoms with E-state index in [4.69, 9.17) is 11.6 Å². The SMILES string of the molecule is Cc1cc(Cl)nc(CN2CCCC3CNCC32)n1. The number of rotatable bonds is 2. The van der Waals surface area contributed by atoms with Crippen LogP contribution in [0.2, 0.25) is 5.15 Å². The second-order valence-corrected chi connectivity index (χ2v) is 5.73. The van der Waals surface area contributed by atoms with Crippen LogP contribution >= 0.6 is 11.6 Å². The topological polar surface area (TPSA) is 41.1 Å². The molecule has 0 spiro atoms. The minimum atomic E-state index is 0.551. The van der Waals surface area contributed by atoms with Crippen LogP contribution in [0, 0.1) is 12.8 Å². The van der Waals surface area contributed by atoms with Crippen molar-refractivity contribution in [3.63, 3.8) is 0 Å². The first-order valence-corrected chi connectivity index (χ1v) is 7.05. The zero-order valence-electron chi connectivity index (χ0n) is 10.7. The Morgan fingerprint density at radius 1 is 1.44 bits per heavy atom. The minimum absolute atomic E-state index is 0.551. The average Bonchev–Trinajstić information content (AvgIpc) is 2.76. The van der Waals surface area contributed by atoms with Crippen molar-refractivity contribution in [3.8, 4) is 0 Å². The molecule has 2 fully saturated rings. The second-order valence-electron chi connectivity index (χ2n) is 5.35. The van der Waals surface area contributed by atoms with E-state index in [9.17, 15) is 0 Å². The Hall–Kier alpha value is -0.710. The molecular formula is C13H19ClN4. The van der Waals surface area contributed by atoms with E-state index in [0.29, 0.717) is 11.2 Å². The van der Waals surface area contributed by atoms with Crippen molar-refractivity contribution >= 4 is 11.6 Å². The lowest BCUT2D eigenvalue weighted by molar-refractivity contribution is 0.114. The van der Waals surface area contributed by atoms with E-state index in [1.165, 1.54) is 12.8 Å². The van der Waals surface area contributed by atoms with Gasteiger partial charge in [0.1, 0.15) is 11.0 Å². The van der Waals surface area contributed by atoms with Gasteiger partial charge in [0.05, 0.1) is 6.54 Å². The molecule has 0 saturated carbocycles. The van der Waals surface area contributed by atoms with Crippen molar-refractivity contribution in [1.29, 1.82) is 0 Å². The number of likely N-dealkylation sites (tertiary alicyclic amines) is 1. The summed E-state index contributed by atoms with van der Waals surface area (Å²) in [5.41, 5.74) is 0.947. The first-order chi connectivity index (χ1) is 8.72. The number of aryl methyl sites for hydroxylation is 1. The van der Waals surface area contributed by atoms with Crippen LogP contribution in [0.4, 0.5) is 0 Å². The molecule has 3 heterocycles. The second kappa shape index (κ2) is 5.11. The highest BCUT2D eigenvalue weighted by molar-refractivity contribution is 6.29. The Morgan fingerprint density at radius 3 is 3.17 bits per heavy atom. The van der Waals surface area contributed by atoms with Crippen molar-refractivity contribution in [2.45, 2.75) is 32.4 Å². The zero-order chi connectivity index (χ0) is 12.5. The van der Waals surface area contributed by atoms with Crippen LogP contribution in [-0.4, -0.2) is 40.5 Å². The van der Waals surface area contributed by atoms with E-state index in [1.54, 1.807) is 6.07 Å². The van der Waals surface area contributed by atoms with Crippen molar-refractivity contribution in [2.75, 3.05) is 19.6 Å². The molecule has 2 aliphatic heterocycles. The molecule has 0 bridgehead atoms. The Balaban J connectivity index is 1.74. The van der Waals surface area contributed by atoms with Crippen LogP contribution in [-0.2, 0) is 6.54 Å². The summed E-state index contributed by atoms with van der Waals surface area (Å²) in [5.74, 6) is 1.66. The van der Waals surface area contributed by atoms with Gasteiger partial charge >= 0.3 is 0 Å². The van der Waals surface area contributed by atoms with E-state index >= 15 is 0 Å². The maximum Gasteiger partial charge on any atom is 0.144 e. The lowest BCUT2D eigenvalue weighted by Gasteiger charge is -2.36. The molecule has 2 atom stereocenters. The Morgan fingerprint density at radius 2 is 2.33 bits per heavy atom. The number of hydrogen-bond donors (Lipinski definition) is 1. The quantitative estimate of drug-likeness (QED) is 0.826. The van der Waals surface area contributed by atoms with E-state index in [1.807, 2.05) is 6.92 Å². The lowest BCUT2D eigenvalue weighted by Crippen LogP contribution is -2.44. The minimum Gasteiger partial charge on any atom is -0.315 e. The van der Waals surface area contributed by atoms with Crippen molar-refractivity contribution in [2.24, 2.45) is 5.92 Å². The molecule has 1 aromatic heterocycles. The Bertz CT molecular complexity index is 417. The molecule has 2 aliphatic rings. The van der Waals surface area contributed by atoms with Gasteiger partial charge in [-0.05, 0) is 44.8 Å². The molecule has 0 radical (unpaired) electrons. The molecule has 0 aliphatic carbocycles. The summed E-state index contributed by atoms with van der Waals surface area (Å²) >= 11 is 6.00. The van der Waals surface area contributed by atoms with Gasteiger partial charge in [0.25, 0.3) is 0 Å². The summed E-state index contributed by atoms with van der Waals surface area (Å²) in [6, 6.07) is 2.46. The van der Waals surface area contributed by atoms with Gasteiger partial charge in [-0.1, -0.05) is 11.6 Å². The van der Waals surface area contributed by atoms with Crippen LogP contribution in [0.3, 0.4) is 0 Å². The van der Waals surface area contributed by atoms with Crippen LogP contribution in [0.25, 0.3) is 0 Å². The van der Waals surface area contributed by atoms with Crippen LogP contribution in [0.15, 0.2) is 6.07 Å². The van der Waals surface area contributed by atoms with E-state index in [0.717, 1.165) is 43.6 Å². The molecular weight excluding hydrogens is 248 g/mol. The Labute approximate surface area is 113 Å². The molecule has 1 N–H and O–H groups in total. The first-order valence-electron chi connectivity index (χ1n) is 6.67. The van der Waals surface area contributed by atoms with Gasteiger partial charge in [0.2, 0.25) is 0 Å². The van der Waals surface area contributed by atoms with Gasteiger partial charge in [-0.25, -0.2) is 9.97 Å². The summed E-state index contributed by atoms with van der Waals surface area (Å²) < 4.78 is 0. The van der Waals surface area contributed by atoms with Crippen molar-refractivity contribution in [3.05, 3.63) is 22.7 Å². The fraction of sp³-hybridized carbons (Fsp3) is 0.692. The van der Waals surface area contributed by atoms with Gasteiger partial charge in [-0.3, -0.25) is 4.90 Å². The summed E-state index contributed by atoms with van der Waals surface area (Å²) in [4.78, 5) is 11.3. The largest absolute Gasteiger partial charge is 0.315 e. The molecule has 4 nitrogen and oxygen atoms in total. The summed E-state index contributed by atoms with van der Waals surface area (Å²) in [6.45, 7) is 6.20. The van der Waals surface area contributed by atoms with E-state index in [2.05, 4.69) is 20.2 Å². The molecule has 98 valence electrons. The number of piperidine rings is 1. The highest BCUT2D eigenvalue weighted by Gasteiger charge is 2.35. The van der Waals surface area contributed by atoms with Crippen LogP contribution in [0.5, 0.6) is 0 Å². The molecule has 2 unspecified atom stereocenters. The van der Waals surface area contributed by atoms with E-state index in [-0.39, 0.29) is 0 Å². The number of aromatic nitrogens is 2. The van der Waals surface area contributed by atoms with Crippen molar-refractivity contribution < 1.29 is 0 Å². The number of nitrogens with zero attached hydrogens (tertiary/aromatic N) is 3. The maximum atomic E-state index is 6.00. The fourth-order valence-corrected chi connectivity index (χ4v) is 3.46. The summed E-state index contributed by atoms with van der Waals surface area (Å²) in [6.07, 6.45) is 2.63. The third-order valence-electron chi connectivity index (χ3n) is 4.01. The molecule has 0 amide bonds. The summed E-state index contributed by atoms with van der Waals surface area (Å²) in [5, 5.41) is 4.05. The van der Waals surface area contributed by atoms with Crippen molar-refractivity contribution in [1.82, 2.24) is 20.2 Å². The highest BCUT2D eigenvalue weighted by Crippen LogP contribution is 2.27. The number of fused-ring (bicyclic) bond motifs is 1. The third-order valence-corrected chi connectivity index (χ3v) is 4.20. The normalized spacial score (nSPS) is 28.3.